The second-order valence-corrected chi connectivity index (χ2v) is 10.8. The van der Waals surface area contributed by atoms with Gasteiger partial charge in [-0.05, 0) is 37.6 Å². The molecular weight excluding hydrogens is 465 g/mol. The molecule has 0 radical (unpaired) electrons. The molecule has 0 aliphatic carbocycles. The number of aliphatic hydroxyl groups excluding tert-OH is 1. The van der Waals surface area contributed by atoms with Gasteiger partial charge in [-0.1, -0.05) is 12.1 Å². The third-order valence-corrected chi connectivity index (χ3v) is 7.84. The van der Waals surface area contributed by atoms with Crippen molar-refractivity contribution in [1.82, 2.24) is 24.2 Å². The van der Waals surface area contributed by atoms with Crippen LogP contribution in [0.15, 0.2) is 35.4 Å². The predicted molar refractivity (Wildman–Crippen MR) is 121 cm³/mol. The third kappa shape index (κ3) is 6.38. The van der Waals surface area contributed by atoms with Crippen molar-refractivity contribution in [3.63, 3.8) is 0 Å². The van der Waals surface area contributed by atoms with Gasteiger partial charge in [0.05, 0.1) is 36.5 Å². The number of aliphatic hydroxyl groups is 1. The van der Waals surface area contributed by atoms with E-state index in [1.165, 1.54) is 19.2 Å². The number of hydrogen-bond acceptors (Lipinski definition) is 7. The molecule has 1 aromatic carbocycles. The Bertz CT molecular complexity index is 1060. The van der Waals surface area contributed by atoms with E-state index in [0.29, 0.717) is 25.2 Å². The number of aryl methyl sites for hydroxylation is 1. The molecule has 0 fully saturated rings. The molecule has 3 atom stereocenters. The van der Waals surface area contributed by atoms with Gasteiger partial charge >= 0.3 is 0 Å². The van der Waals surface area contributed by atoms with Crippen LogP contribution in [0.3, 0.4) is 0 Å². The molecule has 0 spiro atoms. The Kier molecular flexibility index (Phi) is 8.74. The number of carbonyl (C=O) groups is 1. The van der Waals surface area contributed by atoms with Crippen LogP contribution in [0.2, 0.25) is 0 Å². The highest BCUT2D eigenvalue weighted by Gasteiger charge is 2.31. The standard InChI is InChI=1S/C22H32FN5O5S/c1-16-11-28(17(2)14-29)22(30)5-4-10-27-12-19(24-25-27)15-33-21(16)13-26(3)34(31,32)20-8-6-18(23)7-9-20/h6-9,12,16-17,21,29H,4-5,10-11,13-15H2,1-3H3/t16-,17+,21+/m1/s1. The van der Waals surface area contributed by atoms with E-state index in [-0.39, 0.29) is 42.9 Å². The summed E-state index contributed by atoms with van der Waals surface area (Å²) < 4.78 is 48.3. The van der Waals surface area contributed by atoms with Crippen molar-refractivity contribution in [3.8, 4) is 0 Å². The number of carbonyl (C=O) groups excluding carboxylic acids is 1. The van der Waals surface area contributed by atoms with Crippen molar-refractivity contribution in [3.05, 3.63) is 42.0 Å². The van der Waals surface area contributed by atoms with E-state index in [1.54, 1.807) is 22.7 Å². The molecule has 1 N–H and O–H groups in total. The van der Waals surface area contributed by atoms with Crippen LogP contribution in [-0.2, 0) is 32.7 Å². The second kappa shape index (κ2) is 11.3. The Morgan fingerprint density at radius 3 is 2.71 bits per heavy atom. The zero-order valence-electron chi connectivity index (χ0n) is 19.7. The monoisotopic (exact) mass is 497 g/mol. The minimum atomic E-state index is -3.89. The van der Waals surface area contributed by atoms with Crippen molar-refractivity contribution < 1.29 is 27.4 Å². The number of aromatic nitrogens is 3. The summed E-state index contributed by atoms with van der Waals surface area (Å²) in [5.41, 5.74) is 0.604. The number of hydrogen-bond donors (Lipinski definition) is 1. The van der Waals surface area contributed by atoms with Crippen LogP contribution in [0.4, 0.5) is 4.39 Å². The Hall–Kier alpha value is -2.41. The maximum atomic E-state index is 13.3. The minimum absolute atomic E-state index is 0.00451. The summed E-state index contributed by atoms with van der Waals surface area (Å²) in [4.78, 5) is 14.5. The minimum Gasteiger partial charge on any atom is -0.394 e. The largest absolute Gasteiger partial charge is 0.394 e. The number of ether oxygens (including phenoxy) is 1. The molecule has 1 aliphatic heterocycles. The highest BCUT2D eigenvalue weighted by atomic mass is 32.2. The van der Waals surface area contributed by atoms with Gasteiger partial charge in [-0.3, -0.25) is 9.48 Å². The molecule has 2 heterocycles. The summed E-state index contributed by atoms with van der Waals surface area (Å²) in [5, 5.41) is 17.8. The first-order chi connectivity index (χ1) is 16.1. The average Bonchev–Trinajstić information content (AvgIpc) is 3.26. The van der Waals surface area contributed by atoms with E-state index < -0.39 is 28.0 Å². The first kappa shape index (κ1) is 26.2. The van der Waals surface area contributed by atoms with E-state index in [9.17, 15) is 22.7 Å². The molecule has 2 bridgehead atoms. The van der Waals surface area contributed by atoms with Crippen LogP contribution in [0.1, 0.15) is 32.4 Å². The molecule has 1 aromatic heterocycles. The normalized spacial score (nSPS) is 21.6. The molecule has 3 rings (SSSR count). The molecule has 0 saturated heterocycles. The van der Waals surface area contributed by atoms with Gasteiger partial charge in [0.2, 0.25) is 15.9 Å². The summed E-state index contributed by atoms with van der Waals surface area (Å²) in [5.74, 6) is -0.886. The Balaban J connectivity index is 1.85. The molecule has 2 aromatic rings. The number of likely N-dealkylation sites (N-methyl/N-ethyl adjacent to an activating group) is 1. The topological polar surface area (TPSA) is 118 Å². The molecule has 10 nitrogen and oxygen atoms in total. The maximum absolute atomic E-state index is 13.3. The van der Waals surface area contributed by atoms with Crippen LogP contribution in [-0.4, -0.2) is 82.5 Å². The lowest BCUT2D eigenvalue weighted by Gasteiger charge is -2.35. The number of nitrogens with zero attached hydrogens (tertiary/aromatic N) is 5. The van der Waals surface area contributed by atoms with Crippen LogP contribution in [0.5, 0.6) is 0 Å². The first-order valence-corrected chi connectivity index (χ1v) is 12.7. The molecule has 188 valence electrons. The number of rotatable bonds is 6. The maximum Gasteiger partial charge on any atom is 0.242 e. The van der Waals surface area contributed by atoms with Crippen molar-refractivity contribution in [2.45, 2.75) is 56.9 Å². The van der Waals surface area contributed by atoms with Gasteiger partial charge in [-0.15, -0.1) is 5.10 Å². The van der Waals surface area contributed by atoms with Gasteiger partial charge in [0.15, 0.2) is 0 Å². The summed E-state index contributed by atoms with van der Waals surface area (Å²) >= 11 is 0. The fourth-order valence-electron chi connectivity index (χ4n) is 3.83. The zero-order chi connectivity index (χ0) is 24.9. The van der Waals surface area contributed by atoms with Crippen LogP contribution < -0.4 is 0 Å². The number of fused-ring (bicyclic) bond motifs is 2. The molecule has 12 heteroatoms. The fraction of sp³-hybridized carbons (Fsp3) is 0.591. The highest BCUT2D eigenvalue weighted by Crippen LogP contribution is 2.21. The summed E-state index contributed by atoms with van der Waals surface area (Å²) in [6, 6.07) is 4.25. The molecular formula is C22H32FN5O5S. The lowest BCUT2D eigenvalue weighted by molar-refractivity contribution is -0.136. The van der Waals surface area contributed by atoms with Crippen LogP contribution in [0.25, 0.3) is 0 Å². The second-order valence-electron chi connectivity index (χ2n) is 8.72. The van der Waals surface area contributed by atoms with Crippen molar-refractivity contribution in [2.75, 3.05) is 26.7 Å². The number of sulfonamides is 1. The van der Waals surface area contributed by atoms with Crippen LogP contribution in [0, 0.1) is 11.7 Å². The molecule has 34 heavy (non-hydrogen) atoms. The summed E-state index contributed by atoms with van der Waals surface area (Å²) in [7, 11) is -2.45. The van der Waals surface area contributed by atoms with Gasteiger partial charge in [-0.25, -0.2) is 12.8 Å². The Labute approximate surface area is 199 Å². The molecule has 1 aliphatic rings. The van der Waals surface area contributed by atoms with Gasteiger partial charge in [0, 0.05) is 39.0 Å². The highest BCUT2D eigenvalue weighted by molar-refractivity contribution is 7.89. The summed E-state index contributed by atoms with van der Waals surface area (Å²) in [6.07, 6.45) is 2.02. The number of amides is 1. The smallest absolute Gasteiger partial charge is 0.242 e. The fourth-order valence-corrected chi connectivity index (χ4v) is 5.01. The number of benzene rings is 1. The van der Waals surface area contributed by atoms with Crippen molar-refractivity contribution in [2.24, 2.45) is 5.92 Å². The SMILES string of the molecule is C[C@@H]1CN([C@@H](C)CO)C(=O)CCCn2cc(nn2)CO[C@H]1CN(C)S(=O)(=O)c1ccc(F)cc1. The summed E-state index contributed by atoms with van der Waals surface area (Å²) in [6.45, 7) is 4.41. The van der Waals surface area contributed by atoms with Crippen molar-refractivity contribution >= 4 is 15.9 Å². The van der Waals surface area contributed by atoms with E-state index in [2.05, 4.69) is 10.3 Å². The molecule has 0 saturated carbocycles. The van der Waals surface area contributed by atoms with Gasteiger partial charge in [0.25, 0.3) is 0 Å². The Morgan fingerprint density at radius 2 is 2.03 bits per heavy atom. The lowest BCUT2D eigenvalue weighted by Crippen LogP contribution is -2.47. The molecule has 1 amide bonds. The quantitative estimate of drug-likeness (QED) is 0.638. The van der Waals surface area contributed by atoms with E-state index in [4.69, 9.17) is 4.74 Å². The van der Waals surface area contributed by atoms with Crippen LogP contribution >= 0.6 is 0 Å². The van der Waals surface area contributed by atoms with E-state index >= 15 is 0 Å². The predicted octanol–water partition coefficient (Wildman–Crippen LogP) is 1.26. The number of halogens is 1. The van der Waals surface area contributed by atoms with Gasteiger partial charge in [0.1, 0.15) is 11.5 Å². The first-order valence-electron chi connectivity index (χ1n) is 11.2. The van der Waals surface area contributed by atoms with Crippen molar-refractivity contribution in [1.29, 1.82) is 0 Å². The lowest BCUT2D eigenvalue weighted by atomic mass is 10.0. The van der Waals surface area contributed by atoms with Gasteiger partial charge < -0.3 is 14.7 Å². The average molecular weight is 498 g/mol. The molecule has 0 unspecified atom stereocenters. The third-order valence-electron chi connectivity index (χ3n) is 6.00. The van der Waals surface area contributed by atoms with E-state index in [0.717, 1.165) is 16.4 Å². The zero-order valence-corrected chi connectivity index (χ0v) is 20.5. The van der Waals surface area contributed by atoms with Gasteiger partial charge in [-0.2, -0.15) is 4.31 Å². The van der Waals surface area contributed by atoms with E-state index in [1.807, 2.05) is 6.92 Å². The Morgan fingerprint density at radius 1 is 1.32 bits per heavy atom.